The van der Waals surface area contributed by atoms with Crippen LogP contribution in [0.1, 0.15) is 6.92 Å². The van der Waals surface area contributed by atoms with Crippen molar-refractivity contribution in [2.75, 3.05) is 33.8 Å². The SMILES string of the molecule is CC(=CC[N+](C)(C)CC1CO1)C(N)=O. The Balaban J connectivity index is 2.40. The normalized spacial score (nSPS) is 22.2. The first-order chi connectivity index (χ1) is 6.41. The average Bonchev–Trinajstić information content (AvgIpc) is 2.83. The summed E-state index contributed by atoms with van der Waals surface area (Å²) in [5.41, 5.74) is 5.77. The van der Waals surface area contributed by atoms with Crippen LogP contribution in [0.25, 0.3) is 0 Å². The lowest BCUT2D eigenvalue weighted by atomic mass is 10.2. The van der Waals surface area contributed by atoms with Crippen molar-refractivity contribution in [1.82, 2.24) is 0 Å². The second-order valence-corrected chi connectivity index (χ2v) is 4.51. The van der Waals surface area contributed by atoms with Crippen molar-refractivity contribution in [3.8, 4) is 0 Å². The van der Waals surface area contributed by atoms with Crippen LogP contribution in [0, 0.1) is 0 Å². The summed E-state index contributed by atoms with van der Waals surface area (Å²) in [6, 6.07) is 0. The highest BCUT2D eigenvalue weighted by Crippen LogP contribution is 2.13. The van der Waals surface area contributed by atoms with Crippen LogP contribution in [0.3, 0.4) is 0 Å². The monoisotopic (exact) mass is 199 g/mol. The van der Waals surface area contributed by atoms with Gasteiger partial charge in [-0.3, -0.25) is 4.79 Å². The molecule has 1 aliphatic rings. The van der Waals surface area contributed by atoms with Crippen LogP contribution in [-0.4, -0.2) is 50.3 Å². The maximum absolute atomic E-state index is 10.8. The predicted octanol–water partition coefficient (Wildman–Crippen LogP) is -0.107. The fraction of sp³-hybridized carbons (Fsp3) is 0.700. The Morgan fingerprint density at radius 3 is 2.64 bits per heavy atom. The molecule has 0 aliphatic carbocycles. The summed E-state index contributed by atoms with van der Waals surface area (Å²) in [4.78, 5) is 10.8. The highest BCUT2D eigenvalue weighted by Gasteiger charge is 2.30. The molecule has 2 N–H and O–H groups in total. The summed E-state index contributed by atoms with van der Waals surface area (Å²) >= 11 is 0. The van der Waals surface area contributed by atoms with Gasteiger partial charge < -0.3 is 15.0 Å². The number of epoxide rings is 1. The van der Waals surface area contributed by atoms with Gasteiger partial charge in [0.2, 0.25) is 5.91 Å². The number of rotatable bonds is 5. The van der Waals surface area contributed by atoms with Gasteiger partial charge in [-0.1, -0.05) is 0 Å². The molecule has 14 heavy (non-hydrogen) atoms. The van der Waals surface area contributed by atoms with Gasteiger partial charge in [0.25, 0.3) is 0 Å². The summed E-state index contributed by atoms with van der Waals surface area (Å²) < 4.78 is 6.00. The van der Waals surface area contributed by atoms with Crippen molar-refractivity contribution in [2.45, 2.75) is 13.0 Å². The lowest BCUT2D eigenvalue weighted by molar-refractivity contribution is -0.885. The zero-order valence-electron chi connectivity index (χ0n) is 9.12. The first-order valence-electron chi connectivity index (χ1n) is 4.81. The highest BCUT2D eigenvalue weighted by atomic mass is 16.6. The number of carbonyl (C=O) groups is 1. The fourth-order valence-corrected chi connectivity index (χ4v) is 1.28. The van der Waals surface area contributed by atoms with Crippen LogP contribution in [0.5, 0.6) is 0 Å². The summed E-state index contributed by atoms with van der Waals surface area (Å²) in [6.07, 6.45) is 2.30. The molecule has 1 fully saturated rings. The molecular formula is C10H19N2O2+. The third-order valence-corrected chi connectivity index (χ3v) is 2.38. The number of ether oxygens (including phenoxy) is 1. The van der Waals surface area contributed by atoms with Gasteiger partial charge in [-0.05, 0) is 13.0 Å². The van der Waals surface area contributed by atoms with Gasteiger partial charge in [0.1, 0.15) is 12.6 Å². The van der Waals surface area contributed by atoms with E-state index >= 15 is 0 Å². The van der Waals surface area contributed by atoms with Crippen LogP contribution >= 0.6 is 0 Å². The largest absolute Gasteiger partial charge is 0.367 e. The Morgan fingerprint density at radius 1 is 1.64 bits per heavy atom. The number of hydrogen-bond donors (Lipinski definition) is 1. The van der Waals surface area contributed by atoms with Crippen molar-refractivity contribution in [3.05, 3.63) is 11.6 Å². The van der Waals surface area contributed by atoms with Gasteiger partial charge in [0.05, 0.1) is 27.2 Å². The van der Waals surface area contributed by atoms with E-state index in [2.05, 4.69) is 14.1 Å². The summed E-state index contributed by atoms with van der Waals surface area (Å²) in [7, 11) is 4.24. The van der Waals surface area contributed by atoms with Crippen molar-refractivity contribution < 1.29 is 14.0 Å². The van der Waals surface area contributed by atoms with E-state index in [0.29, 0.717) is 11.7 Å². The van der Waals surface area contributed by atoms with Crippen molar-refractivity contribution in [1.29, 1.82) is 0 Å². The van der Waals surface area contributed by atoms with E-state index in [9.17, 15) is 4.79 Å². The Morgan fingerprint density at radius 2 is 2.21 bits per heavy atom. The number of nitrogens with two attached hydrogens (primary N) is 1. The van der Waals surface area contributed by atoms with Gasteiger partial charge in [-0.25, -0.2) is 0 Å². The highest BCUT2D eigenvalue weighted by molar-refractivity contribution is 5.91. The molecule has 0 saturated carbocycles. The van der Waals surface area contributed by atoms with Gasteiger partial charge in [0, 0.05) is 5.57 Å². The predicted molar refractivity (Wildman–Crippen MR) is 54.5 cm³/mol. The Bertz CT molecular complexity index is 255. The number of primary amides is 1. The molecule has 1 aliphatic heterocycles. The minimum atomic E-state index is -0.340. The number of carbonyl (C=O) groups excluding carboxylic acids is 1. The Labute approximate surface area is 84.9 Å². The number of likely N-dealkylation sites (N-methyl/N-ethyl adjacent to an activating group) is 1. The molecule has 1 heterocycles. The second-order valence-electron chi connectivity index (χ2n) is 4.51. The minimum absolute atomic E-state index is 0.340. The number of nitrogens with zero attached hydrogens (tertiary/aromatic N) is 1. The molecule has 1 amide bonds. The van der Waals surface area contributed by atoms with Crippen LogP contribution in [-0.2, 0) is 9.53 Å². The van der Waals surface area contributed by atoms with E-state index in [-0.39, 0.29) is 5.91 Å². The number of hydrogen-bond acceptors (Lipinski definition) is 2. The summed E-state index contributed by atoms with van der Waals surface area (Å²) in [5.74, 6) is -0.340. The molecule has 0 radical (unpaired) electrons. The molecule has 0 aromatic carbocycles. The topological polar surface area (TPSA) is 55.6 Å². The van der Waals surface area contributed by atoms with E-state index in [1.807, 2.05) is 6.08 Å². The van der Waals surface area contributed by atoms with E-state index in [1.54, 1.807) is 6.92 Å². The van der Waals surface area contributed by atoms with Gasteiger partial charge in [0.15, 0.2) is 0 Å². The lowest BCUT2D eigenvalue weighted by Crippen LogP contribution is -2.43. The van der Waals surface area contributed by atoms with Crippen LogP contribution in [0.2, 0.25) is 0 Å². The molecular weight excluding hydrogens is 180 g/mol. The molecule has 80 valence electrons. The minimum Gasteiger partial charge on any atom is -0.367 e. The average molecular weight is 199 g/mol. The zero-order valence-corrected chi connectivity index (χ0v) is 9.12. The Hall–Kier alpha value is -0.870. The lowest BCUT2D eigenvalue weighted by Gasteiger charge is -2.27. The molecule has 1 unspecified atom stereocenters. The maximum atomic E-state index is 10.8. The van der Waals surface area contributed by atoms with Crippen molar-refractivity contribution in [3.63, 3.8) is 0 Å². The van der Waals surface area contributed by atoms with Gasteiger partial charge >= 0.3 is 0 Å². The first kappa shape index (κ1) is 11.2. The van der Waals surface area contributed by atoms with E-state index < -0.39 is 0 Å². The molecule has 0 bridgehead atoms. The van der Waals surface area contributed by atoms with Crippen LogP contribution in [0.15, 0.2) is 11.6 Å². The summed E-state index contributed by atoms with van der Waals surface area (Å²) in [5, 5.41) is 0. The standard InChI is InChI=1S/C10H18N2O2/c1-8(10(11)13)4-5-12(2,3)6-9-7-14-9/h4,9H,5-7H2,1-3H3,(H-,11,13)/p+1. The number of amides is 1. The molecule has 0 aromatic rings. The van der Waals surface area contributed by atoms with Gasteiger partial charge in [-0.15, -0.1) is 0 Å². The van der Waals surface area contributed by atoms with Crippen molar-refractivity contribution in [2.24, 2.45) is 5.73 Å². The smallest absolute Gasteiger partial charge is 0.244 e. The molecule has 1 rings (SSSR count). The Kier molecular flexibility index (Phi) is 3.29. The number of quaternary nitrogens is 1. The molecule has 1 saturated heterocycles. The molecule has 1 atom stereocenters. The van der Waals surface area contributed by atoms with E-state index in [0.717, 1.165) is 24.2 Å². The molecule has 0 aromatic heterocycles. The zero-order chi connectivity index (χ0) is 10.8. The third kappa shape index (κ3) is 3.89. The third-order valence-electron chi connectivity index (χ3n) is 2.38. The fourth-order valence-electron chi connectivity index (χ4n) is 1.28. The first-order valence-corrected chi connectivity index (χ1v) is 4.81. The quantitative estimate of drug-likeness (QED) is 0.382. The van der Waals surface area contributed by atoms with Crippen LogP contribution < -0.4 is 5.73 Å². The van der Waals surface area contributed by atoms with E-state index in [4.69, 9.17) is 10.5 Å². The van der Waals surface area contributed by atoms with Crippen LogP contribution in [0.4, 0.5) is 0 Å². The summed E-state index contributed by atoms with van der Waals surface area (Å²) in [6.45, 7) is 4.42. The van der Waals surface area contributed by atoms with E-state index in [1.165, 1.54) is 0 Å². The molecule has 4 nitrogen and oxygen atoms in total. The molecule has 0 spiro atoms. The second kappa shape index (κ2) is 4.11. The maximum Gasteiger partial charge on any atom is 0.244 e. The van der Waals surface area contributed by atoms with Crippen molar-refractivity contribution >= 4 is 5.91 Å². The molecule has 4 heteroatoms. The van der Waals surface area contributed by atoms with Gasteiger partial charge in [-0.2, -0.15) is 0 Å².